The third-order valence-electron chi connectivity index (χ3n) is 4.75. The lowest BCUT2D eigenvalue weighted by molar-refractivity contribution is -0.00000595. The summed E-state index contributed by atoms with van der Waals surface area (Å²) in [5, 5.41) is 7.08. The van der Waals surface area contributed by atoms with E-state index in [1.165, 1.54) is 10.8 Å². The topological polar surface area (TPSA) is 34.1 Å². The molecule has 0 atom stereocenters. The van der Waals surface area contributed by atoms with E-state index in [-0.39, 0.29) is 12.4 Å². The average Bonchev–Trinajstić information content (AvgIpc) is 2.74. The number of nitrogens with one attached hydrogen (secondary N) is 1. The van der Waals surface area contributed by atoms with Crippen molar-refractivity contribution in [2.45, 2.75) is 19.7 Å². The summed E-state index contributed by atoms with van der Waals surface area (Å²) in [5.41, 5.74) is 3.17. The van der Waals surface area contributed by atoms with Crippen LogP contribution in [-0.2, 0) is 19.7 Å². The van der Waals surface area contributed by atoms with E-state index in [9.17, 15) is 0 Å². The molecule has 0 bridgehead atoms. The minimum Gasteiger partial charge on any atom is -1.00 e. The van der Waals surface area contributed by atoms with Crippen molar-refractivity contribution in [2.75, 3.05) is 0 Å². The normalized spacial score (nSPS) is 10.6. The molecule has 4 aromatic rings. The Balaban J connectivity index is 0.00000256. The summed E-state index contributed by atoms with van der Waals surface area (Å²) in [6.45, 7) is 1.80. The van der Waals surface area contributed by atoms with Gasteiger partial charge in [0.05, 0.1) is 0 Å². The predicted octanol–water partition coefficient (Wildman–Crippen LogP) is 3.41. The van der Waals surface area contributed by atoms with Crippen LogP contribution in [0.3, 0.4) is 0 Å². The van der Waals surface area contributed by atoms with Crippen molar-refractivity contribution in [2.24, 2.45) is 0 Å². The van der Waals surface area contributed by atoms with Crippen LogP contribution in [0.1, 0.15) is 16.7 Å². The van der Waals surface area contributed by atoms with Crippen molar-refractivity contribution in [1.29, 1.82) is 0 Å². The minimum absolute atomic E-state index is 0. The molecule has 0 spiro atoms. The highest BCUT2D eigenvalue weighted by Crippen LogP contribution is 2.30. The van der Waals surface area contributed by atoms with Gasteiger partial charge in [0.2, 0.25) is 0 Å². The maximum atomic E-state index is 6.30. The molecule has 0 radical (unpaired) electrons. The minimum atomic E-state index is 0. The summed E-state index contributed by atoms with van der Waals surface area (Å²) in [6, 6.07) is 21.9. The first-order valence-corrected chi connectivity index (χ1v) is 10.1. The first-order valence-electron chi connectivity index (χ1n) is 9.38. The molecule has 6 heteroatoms. The van der Waals surface area contributed by atoms with Crippen molar-refractivity contribution < 1.29 is 17.1 Å². The number of nitrogens with zero attached hydrogens (tertiary/aromatic N) is 1. The van der Waals surface area contributed by atoms with E-state index in [2.05, 4.69) is 34.6 Å². The van der Waals surface area contributed by atoms with Gasteiger partial charge in [-0.05, 0) is 40.6 Å². The van der Waals surface area contributed by atoms with Gasteiger partial charge in [0, 0.05) is 46.7 Å². The number of hydrogen-bond donors (Lipinski definition) is 1. The van der Waals surface area contributed by atoms with Crippen LogP contribution in [0.15, 0.2) is 79.1 Å². The lowest BCUT2D eigenvalue weighted by atomic mass is 10.0. The summed E-state index contributed by atoms with van der Waals surface area (Å²) in [6.07, 6.45) is 3.65. The fraction of sp³-hybridized carbons (Fsp3) is 0.125. The van der Waals surface area contributed by atoms with E-state index in [1.54, 1.807) is 12.3 Å². The molecule has 0 saturated heterocycles. The second-order valence-corrected chi connectivity index (χ2v) is 7.60. The Morgan fingerprint density at radius 3 is 2.57 bits per heavy atom. The van der Waals surface area contributed by atoms with Crippen LogP contribution >= 0.6 is 23.2 Å². The van der Waals surface area contributed by atoms with Gasteiger partial charge in [-0.3, -0.25) is 4.98 Å². The van der Waals surface area contributed by atoms with Gasteiger partial charge in [0.25, 0.3) is 0 Å². The average molecular weight is 459 g/mol. The number of benzene rings is 3. The Morgan fingerprint density at radius 1 is 0.900 bits per heavy atom. The molecule has 0 amide bonds. The molecular weight excluding hydrogens is 439 g/mol. The number of fused-ring (bicyclic) bond motifs is 1. The van der Waals surface area contributed by atoms with Gasteiger partial charge in [0.15, 0.2) is 0 Å². The summed E-state index contributed by atoms with van der Waals surface area (Å²) in [4.78, 5) is 4.17. The zero-order valence-electron chi connectivity index (χ0n) is 16.1. The smallest absolute Gasteiger partial charge is 0.124 e. The van der Waals surface area contributed by atoms with Crippen LogP contribution < -0.4 is 22.5 Å². The predicted molar refractivity (Wildman–Crippen MR) is 120 cm³/mol. The molecule has 0 fully saturated rings. The van der Waals surface area contributed by atoms with Crippen LogP contribution in [0.4, 0.5) is 0 Å². The second-order valence-electron chi connectivity index (χ2n) is 6.75. The van der Waals surface area contributed by atoms with Crippen molar-refractivity contribution in [1.82, 2.24) is 10.3 Å². The Labute approximate surface area is 192 Å². The first-order chi connectivity index (χ1) is 14.2. The lowest BCUT2D eigenvalue weighted by Gasteiger charge is -2.16. The number of rotatable bonds is 7. The van der Waals surface area contributed by atoms with Crippen LogP contribution in [0, 0.1) is 0 Å². The highest BCUT2D eigenvalue weighted by molar-refractivity contribution is 6.35. The maximum absolute atomic E-state index is 6.30. The molecule has 30 heavy (non-hydrogen) atoms. The molecule has 154 valence electrons. The summed E-state index contributed by atoms with van der Waals surface area (Å²) < 4.78 is 6.17. The number of pyridine rings is 1. The monoisotopic (exact) mass is 457 g/mol. The SMILES string of the molecule is Clc1ccc(COc2ccc3ccccc3c2CNCc2cccnc2)c(Cl)c1.[Cl-]. The Bertz CT molecular complexity index is 1120. The number of aromatic nitrogens is 1. The van der Waals surface area contributed by atoms with Crippen LogP contribution in [-0.4, -0.2) is 4.98 Å². The standard InChI is InChI=1S/C24H20Cl2N2O.ClH/c25-20-9-7-19(23(26)12-20)16-29-24-10-8-18-5-1-2-6-21(18)22(24)15-28-14-17-4-3-11-27-13-17;/h1-13,28H,14-16H2;1H/p-1. The highest BCUT2D eigenvalue weighted by Gasteiger charge is 2.10. The molecule has 0 unspecified atom stereocenters. The van der Waals surface area contributed by atoms with Gasteiger partial charge >= 0.3 is 0 Å². The largest absolute Gasteiger partial charge is 1.00 e. The van der Waals surface area contributed by atoms with Crippen LogP contribution in [0.2, 0.25) is 10.0 Å². The zero-order valence-corrected chi connectivity index (χ0v) is 18.4. The van der Waals surface area contributed by atoms with Crippen molar-refractivity contribution in [3.63, 3.8) is 0 Å². The number of halogens is 3. The fourth-order valence-electron chi connectivity index (χ4n) is 3.26. The van der Waals surface area contributed by atoms with E-state index in [4.69, 9.17) is 27.9 Å². The van der Waals surface area contributed by atoms with Gasteiger partial charge in [-0.2, -0.15) is 0 Å². The van der Waals surface area contributed by atoms with E-state index >= 15 is 0 Å². The number of ether oxygens (including phenoxy) is 1. The quantitative estimate of drug-likeness (QED) is 0.461. The molecule has 1 heterocycles. The van der Waals surface area contributed by atoms with Gasteiger partial charge in [-0.1, -0.05) is 65.7 Å². The summed E-state index contributed by atoms with van der Waals surface area (Å²) in [5.74, 6) is 0.841. The second kappa shape index (κ2) is 10.6. The van der Waals surface area contributed by atoms with E-state index in [0.29, 0.717) is 23.2 Å². The van der Waals surface area contributed by atoms with Crippen molar-refractivity contribution in [3.8, 4) is 5.75 Å². The molecule has 1 N–H and O–H groups in total. The van der Waals surface area contributed by atoms with Gasteiger partial charge in [-0.25, -0.2) is 0 Å². The molecule has 4 rings (SSSR count). The highest BCUT2D eigenvalue weighted by atomic mass is 35.5. The van der Waals surface area contributed by atoms with Gasteiger partial charge in [0.1, 0.15) is 12.4 Å². The third-order valence-corrected chi connectivity index (χ3v) is 5.34. The van der Waals surface area contributed by atoms with Crippen LogP contribution in [0.25, 0.3) is 10.8 Å². The van der Waals surface area contributed by atoms with Crippen molar-refractivity contribution in [3.05, 3.63) is 106 Å². The van der Waals surface area contributed by atoms with Crippen molar-refractivity contribution >= 4 is 34.0 Å². The van der Waals surface area contributed by atoms with Crippen LogP contribution in [0.5, 0.6) is 5.75 Å². The third kappa shape index (κ3) is 5.44. The molecule has 1 aromatic heterocycles. The van der Waals surface area contributed by atoms with E-state index in [0.717, 1.165) is 29.0 Å². The Hall–Kier alpha value is -2.30. The Morgan fingerprint density at radius 2 is 1.77 bits per heavy atom. The van der Waals surface area contributed by atoms with Gasteiger partial charge in [-0.15, -0.1) is 0 Å². The summed E-state index contributed by atoms with van der Waals surface area (Å²) in [7, 11) is 0. The van der Waals surface area contributed by atoms with E-state index in [1.807, 2.05) is 42.6 Å². The first kappa shape index (κ1) is 22.4. The molecular formula is C24H20Cl3N2O-. The molecule has 0 saturated carbocycles. The van der Waals surface area contributed by atoms with E-state index < -0.39 is 0 Å². The maximum Gasteiger partial charge on any atom is 0.124 e. The zero-order chi connectivity index (χ0) is 20.1. The molecule has 3 nitrogen and oxygen atoms in total. The molecule has 0 aliphatic heterocycles. The Kier molecular flexibility index (Phi) is 7.94. The van der Waals surface area contributed by atoms with Gasteiger partial charge < -0.3 is 22.5 Å². The fourth-order valence-corrected chi connectivity index (χ4v) is 3.73. The molecule has 0 aliphatic rings. The lowest BCUT2D eigenvalue weighted by Crippen LogP contribution is -3.00. The molecule has 3 aromatic carbocycles. The molecule has 0 aliphatic carbocycles. The number of hydrogen-bond acceptors (Lipinski definition) is 3. The summed E-state index contributed by atoms with van der Waals surface area (Å²) >= 11 is 12.3.